The zero-order chi connectivity index (χ0) is 11.6. The molecule has 15 heavy (non-hydrogen) atoms. The molecule has 1 aliphatic rings. The Morgan fingerprint density at radius 1 is 1.53 bits per heavy atom. The second kappa shape index (κ2) is 4.35. The summed E-state index contributed by atoms with van der Waals surface area (Å²) in [6, 6.07) is -0.394. The average Bonchev–Trinajstić information content (AvgIpc) is 2.06. The summed E-state index contributed by atoms with van der Waals surface area (Å²) in [5.41, 5.74) is -0.198. The second-order valence-electron chi connectivity index (χ2n) is 5.03. The average molecular weight is 218 g/mol. The molecule has 2 N–H and O–H groups in total. The number of rotatable bonds is 1. The minimum absolute atomic E-state index is 0.198. The lowest BCUT2D eigenvalue weighted by molar-refractivity contribution is 0.0838. The minimum Gasteiger partial charge on any atom is -0.465 e. The van der Waals surface area contributed by atoms with E-state index >= 15 is 0 Å². The Bertz CT molecular complexity index is 240. The van der Waals surface area contributed by atoms with Gasteiger partial charge < -0.3 is 15.3 Å². The van der Waals surface area contributed by atoms with Gasteiger partial charge in [0, 0.05) is 18.6 Å². The number of piperidine rings is 1. The number of amides is 1. The van der Waals surface area contributed by atoms with Gasteiger partial charge in [0.1, 0.15) is 6.17 Å². The van der Waals surface area contributed by atoms with E-state index in [2.05, 4.69) is 5.32 Å². The first-order valence-electron chi connectivity index (χ1n) is 5.19. The third kappa shape index (κ3) is 3.66. The molecule has 1 fully saturated rings. The van der Waals surface area contributed by atoms with Gasteiger partial charge >= 0.3 is 6.09 Å². The van der Waals surface area contributed by atoms with E-state index in [1.165, 1.54) is 4.90 Å². The lowest BCUT2D eigenvalue weighted by Crippen LogP contribution is -2.57. The van der Waals surface area contributed by atoms with Gasteiger partial charge in [0.25, 0.3) is 0 Å². The normalized spacial score (nSPS) is 27.9. The Morgan fingerprint density at radius 2 is 2.13 bits per heavy atom. The van der Waals surface area contributed by atoms with E-state index in [0.717, 1.165) is 0 Å². The zero-order valence-electron chi connectivity index (χ0n) is 9.46. The first kappa shape index (κ1) is 12.2. The molecule has 1 saturated heterocycles. The molecular weight excluding hydrogens is 199 g/mol. The lowest BCUT2D eigenvalue weighted by atomic mass is 9.99. The summed E-state index contributed by atoms with van der Waals surface area (Å²) in [5, 5.41) is 11.9. The molecule has 0 aromatic heterocycles. The van der Waals surface area contributed by atoms with Crippen molar-refractivity contribution in [1.29, 1.82) is 0 Å². The van der Waals surface area contributed by atoms with Crippen molar-refractivity contribution >= 4 is 6.09 Å². The van der Waals surface area contributed by atoms with Crippen molar-refractivity contribution in [2.45, 2.75) is 44.9 Å². The zero-order valence-corrected chi connectivity index (χ0v) is 9.46. The van der Waals surface area contributed by atoms with E-state index in [0.29, 0.717) is 6.54 Å². The molecule has 4 nitrogen and oxygen atoms in total. The van der Waals surface area contributed by atoms with E-state index in [1.807, 2.05) is 20.8 Å². The highest BCUT2D eigenvalue weighted by atomic mass is 19.1. The van der Waals surface area contributed by atoms with Crippen molar-refractivity contribution in [2.75, 3.05) is 13.1 Å². The Hall–Kier alpha value is -0.840. The summed E-state index contributed by atoms with van der Waals surface area (Å²) in [6.07, 6.45) is -1.65. The number of alkyl halides is 1. The van der Waals surface area contributed by atoms with E-state index in [1.54, 1.807) is 0 Å². The van der Waals surface area contributed by atoms with Crippen molar-refractivity contribution in [1.82, 2.24) is 10.2 Å². The van der Waals surface area contributed by atoms with Crippen LogP contribution in [0.3, 0.4) is 0 Å². The van der Waals surface area contributed by atoms with Crippen molar-refractivity contribution in [3.8, 4) is 0 Å². The largest absolute Gasteiger partial charge is 0.465 e. The maximum absolute atomic E-state index is 13.5. The molecule has 0 bridgehead atoms. The summed E-state index contributed by atoms with van der Waals surface area (Å²) >= 11 is 0. The van der Waals surface area contributed by atoms with Crippen LogP contribution in [0.25, 0.3) is 0 Å². The minimum atomic E-state index is -0.970. The number of hydrogen-bond acceptors (Lipinski definition) is 2. The van der Waals surface area contributed by atoms with E-state index in [4.69, 9.17) is 5.11 Å². The fraction of sp³-hybridized carbons (Fsp3) is 0.900. The fourth-order valence-electron chi connectivity index (χ4n) is 1.79. The molecule has 0 saturated carbocycles. The molecule has 0 aromatic rings. The summed E-state index contributed by atoms with van der Waals surface area (Å²) in [6.45, 7) is 6.35. The standard InChI is InChI=1S/C10H19FN2O2/c1-10(2,3)12-8-6-13(9(14)15)5-4-7(8)11/h7-8,12H,4-6H2,1-3H3,(H,14,15)/t7-,8-/m0/s1. The summed E-state index contributed by atoms with van der Waals surface area (Å²) in [5.74, 6) is 0. The molecule has 0 unspecified atom stereocenters. The Kier molecular flexibility index (Phi) is 3.54. The molecule has 2 atom stereocenters. The first-order valence-corrected chi connectivity index (χ1v) is 5.19. The van der Waals surface area contributed by atoms with Crippen LogP contribution in [0.5, 0.6) is 0 Å². The Morgan fingerprint density at radius 3 is 2.60 bits per heavy atom. The van der Waals surface area contributed by atoms with E-state index in [-0.39, 0.29) is 18.5 Å². The number of carboxylic acid groups (broad SMARTS) is 1. The summed E-state index contributed by atoms with van der Waals surface area (Å²) < 4.78 is 13.5. The van der Waals surface area contributed by atoms with Gasteiger partial charge in [-0.2, -0.15) is 0 Å². The van der Waals surface area contributed by atoms with Crippen molar-refractivity contribution in [2.24, 2.45) is 0 Å². The van der Waals surface area contributed by atoms with Crippen LogP contribution in [-0.4, -0.2) is 46.9 Å². The van der Waals surface area contributed by atoms with Gasteiger partial charge in [-0.05, 0) is 27.2 Å². The smallest absolute Gasteiger partial charge is 0.407 e. The fourth-order valence-corrected chi connectivity index (χ4v) is 1.79. The molecule has 0 aromatic carbocycles. The summed E-state index contributed by atoms with van der Waals surface area (Å²) in [7, 11) is 0. The number of nitrogens with zero attached hydrogens (tertiary/aromatic N) is 1. The third-order valence-corrected chi connectivity index (χ3v) is 2.42. The van der Waals surface area contributed by atoms with Gasteiger partial charge in [0.05, 0.1) is 6.04 Å². The third-order valence-electron chi connectivity index (χ3n) is 2.42. The van der Waals surface area contributed by atoms with Crippen LogP contribution in [-0.2, 0) is 0 Å². The molecule has 0 spiro atoms. The number of carbonyl (C=O) groups is 1. The van der Waals surface area contributed by atoms with Crippen molar-refractivity contribution in [3.05, 3.63) is 0 Å². The highest BCUT2D eigenvalue weighted by Gasteiger charge is 2.33. The van der Waals surface area contributed by atoms with E-state index < -0.39 is 18.3 Å². The number of hydrogen-bond donors (Lipinski definition) is 2. The van der Waals surface area contributed by atoms with Crippen LogP contribution in [0.15, 0.2) is 0 Å². The predicted molar refractivity (Wildman–Crippen MR) is 55.8 cm³/mol. The number of halogens is 1. The topological polar surface area (TPSA) is 52.6 Å². The lowest BCUT2D eigenvalue weighted by Gasteiger charge is -2.37. The monoisotopic (exact) mass is 218 g/mol. The van der Waals surface area contributed by atoms with Gasteiger partial charge in [-0.25, -0.2) is 9.18 Å². The molecular formula is C10H19FN2O2. The SMILES string of the molecule is CC(C)(C)N[C@H]1CN(C(=O)O)CC[C@@H]1F. The highest BCUT2D eigenvalue weighted by Crippen LogP contribution is 2.17. The first-order chi connectivity index (χ1) is 6.79. The van der Waals surface area contributed by atoms with Gasteiger partial charge in [0.2, 0.25) is 0 Å². The molecule has 0 aliphatic carbocycles. The van der Waals surface area contributed by atoms with Crippen LogP contribution >= 0.6 is 0 Å². The Labute approximate surface area is 89.4 Å². The van der Waals surface area contributed by atoms with E-state index in [9.17, 15) is 9.18 Å². The quantitative estimate of drug-likeness (QED) is 0.700. The molecule has 1 heterocycles. The number of nitrogens with one attached hydrogen (secondary N) is 1. The molecule has 1 amide bonds. The maximum Gasteiger partial charge on any atom is 0.407 e. The van der Waals surface area contributed by atoms with Crippen molar-refractivity contribution < 1.29 is 14.3 Å². The maximum atomic E-state index is 13.5. The van der Waals surface area contributed by atoms with Gasteiger partial charge in [-0.3, -0.25) is 0 Å². The van der Waals surface area contributed by atoms with Crippen molar-refractivity contribution in [3.63, 3.8) is 0 Å². The van der Waals surface area contributed by atoms with Gasteiger partial charge in [-0.1, -0.05) is 0 Å². The van der Waals surface area contributed by atoms with Gasteiger partial charge in [0.15, 0.2) is 0 Å². The van der Waals surface area contributed by atoms with Crippen LogP contribution in [0.4, 0.5) is 9.18 Å². The van der Waals surface area contributed by atoms with Gasteiger partial charge in [-0.15, -0.1) is 0 Å². The molecule has 5 heteroatoms. The Balaban J connectivity index is 2.58. The highest BCUT2D eigenvalue weighted by molar-refractivity contribution is 5.65. The van der Waals surface area contributed by atoms with Crippen LogP contribution in [0.1, 0.15) is 27.2 Å². The van der Waals surface area contributed by atoms with Crippen LogP contribution in [0.2, 0.25) is 0 Å². The van der Waals surface area contributed by atoms with Crippen LogP contribution in [0, 0.1) is 0 Å². The molecule has 88 valence electrons. The predicted octanol–water partition coefficient (Wildman–Crippen LogP) is 1.46. The second-order valence-corrected chi connectivity index (χ2v) is 5.03. The molecule has 0 radical (unpaired) electrons. The number of likely N-dealkylation sites (tertiary alicyclic amines) is 1. The molecule has 1 rings (SSSR count). The summed E-state index contributed by atoms with van der Waals surface area (Å²) in [4.78, 5) is 12.0. The molecule has 1 aliphatic heterocycles. The van der Waals surface area contributed by atoms with Crippen LogP contribution < -0.4 is 5.32 Å².